The smallest absolute Gasteiger partial charge is 0.253 e. The number of hydrogen-bond donors (Lipinski definition) is 1. The summed E-state index contributed by atoms with van der Waals surface area (Å²) in [5.41, 5.74) is 4.79. The molecule has 0 radical (unpaired) electrons. The van der Waals surface area contributed by atoms with Crippen LogP contribution in [0.5, 0.6) is 0 Å². The number of nitrogens with one attached hydrogen (secondary N) is 1. The van der Waals surface area contributed by atoms with Gasteiger partial charge in [0.1, 0.15) is 5.52 Å². The molecule has 3 aromatic rings. The van der Waals surface area contributed by atoms with Gasteiger partial charge in [-0.05, 0) is 68.4 Å². The standard InChI is InChI=1S/C24H28ClN5O/c1-15-11-18(5-6-19(15)25)24(31)30-9-7-17(8-10-30)20-12-21-22(27-14-29(21)2)23(28-20)26-13-16-3-4-16/h5-6,11-12,14,16-17H,3-4,7-10,13H2,1-2H3,(H,26,28). The Labute approximate surface area is 187 Å². The van der Waals surface area contributed by atoms with Crippen molar-refractivity contribution in [3.63, 3.8) is 0 Å². The van der Waals surface area contributed by atoms with E-state index < -0.39 is 0 Å². The number of benzene rings is 1. The van der Waals surface area contributed by atoms with Crippen LogP contribution in [0.2, 0.25) is 5.02 Å². The zero-order valence-corrected chi connectivity index (χ0v) is 18.8. The fraction of sp³-hybridized carbons (Fsp3) is 0.458. The number of aryl methyl sites for hydroxylation is 2. The predicted octanol–water partition coefficient (Wildman–Crippen LogP) is 4.77. The molecule has 1 saturated heterocycles. The molecule has 7 heteroatoms. The van der Waals surface area contributed by atoms with Crippen molar-refractivity contribution in [3.05, 3.63) is 52.4 Å². The number of fused-ring (bicyclic) bond motifs is 1. The Morgan fingerprint density at radius 3 is 2.68 bits per heavy atom. The third-order valence-electron chi connectivity index (χ3n) is 6.59. The summed E-state index contributed by atoms with van der Waals surface area (Å²) < 4.78 is 2.06. The molecule has 5 rings (SSSR count). The summed E-state index contributed by atoms with van der Waals surface area (Å²) in [5.74, 6) is 2.10. The molecular weight excluding hydrogens is 410 g/mol. The average molecular weight is 438 g/mol. The van der Waals surface area contributed by atoms with Crippen LogP contribution in [0.4, 0.5) is 5.82 Å². The lowest BCUT2D eigenvalue weighted by Crippen LogP contribution is -2.38. The number of carbonyl (C=O) groups is 1. The lowest BCUT2D eigenvalue weighted by atomic mass is 9.92. The molecule has 0 atom stereocenters. The second-order valence-electron chi connectivity index (χ2n) is 8.97. The van der Waals surface area contributed by atoms with E-state index in [-0.39, 0.29) is 5.91 Å². The molecule has 1 aromatic carbocycles. The topological polar surface area (TPSA) is 63.1 Å². The van der Waals surface area contributed by atoms with E-state index in [9.17, 15) is 4.79 Å². The van der Waals surface area contributed by atoms with Gasteiger partial charge in [-0.1, -0.05) is 11.6 Å². The number of amides is 1. The normalized spacial score (nSPS) is 17.3. The maximum Gasteiger partial charge on any atom is 0.253 e. The second-order valence-corrected chi connectivity index (χ2v) is 9.38. The van der Waals surface area contributed by atoms with E-state index in [1.807, 2.05) is 37.3 Å². The summed E-state index contributed by atoms with van der Waals surface area (Å²) in [7, 11) is 2.03. The van der Waals surface area contributed by atoms with E-state index in [2.05, 4.69) is 20.9 Å². The van der Waals surface area contributed by atoms with Crippen molar-refractivity contribution in [1.82, 2.24) is 19.4 Å². The lowest BCUT2D eigenvalue weighted by molar-refractivity contribution is 0.0712. The first-order chi connectivity index (χ1) is 15.0. The van der Waals surface area contributed by atoms with Crippen LogP contribution in [0.25, 0.3) is 11.0 Å². The van der Waals surface area contributed by atoms with Crippen LogP contribution in [-0.2, 0) is 7.05 Å². The van der Waals surface area contributed by atoms with Gasteiger partial charge in [0, 0.05) is 48.9 Å². The number of halogens is 1. The lowest BCUT2D eigenvalue weighted by Gasteiger charge is -2.32. The number of anilines is 1. The number of likely N-dealkylation sites (tertiary alicyclic amines) is 1. The van der Waals surface area contributed by atoms with Gasteiger partial charge in [0.25, 0.3) is 5.91 Å². The van der Waals surface area contributed by atoms with Crippen molar-refractivity contribution in [3.8, 4) is 0 Å². The van der Waals surface area contributed by atoms with Crippen LogP contribution in [0.1, 0.15) is 53.2 Å². The summed E-state index contributed by atoms with van der Waals surface area (Å²) in [5, 5.41) is 4.23. The Kier molecular flexibility index (Phi) is 5.34. The highest BCUT2D eigenvalue weighted by molar-refractivity contribution is 6.31. The predicted molar refractivity (Wildman–Crippen MR) is 124 cm³/mol. The fourth-order valence-corrected chi connectivity index (χ4v) is 4.50. The summed E-state index contributed by atoms with van der Waals surface area (Å²) in [6.07, 6.45) is 6.29. The Hall–Kier alpha value is -2.60. The largest absolute Gasteiger partial charge is 0.368 e. The van der Waals surface area contributed by atoms with E-state index in [1.165, 1.54) is 12.8 Å². The molecule has 2 aliphatic rings. The van der Waals surface area contributed by atoms with Crippen molar-refractivity contribution < 1.29 is 4.79 Å². The minimum atomic E-state index is 0.0834. The SMILES string of the molecule is Cc1cc(C(=O)N2CCC(c3cc4c(ncn4C)c(NCC4CC4)n3)CC2)ccc1Cl. The highest BCUT2D eigenvalue weighted by Crippen LogP contribution is 2.33. The molecule has 6 nitrogen and oxygen atoms in total. The highest BCUT2D eigenvalue weighted by Gasteiger charge is 2.27. The molecule has 1 saturated carbocycles. The molecule has 1 aliphatic heterocycles. The summed E-state index contributed by atoms with van der Waals surface area (Å²) in [6, 6.07) is 7.68. The molecule has 0 unspecified atom stereocenters. The zero-order chi connectivity index (χ0) is 21.5. The highest BCUT2D eigenvalue weighted by atomic mass is 35.5. The molecule has 3 heterocycles. The van der Waals surface area contributed by atoms with Gasteiger partial charge >= 0.3 is 0 Å². The number of carbonyl (C=O) groups excluding carboxylic acids is 1. The van der Waals surface area contributed by atoms with Crippen molar-refractivity contribution in [2.75, 3.05) is 25.0 Å². The van der Waals surface area contributed by atoms with E-state index in [1.54, 1.807) is 6.07 Å². The average Bonchev–Trinajstić information content (AvgIpc) is 3.55. The van der Waals surface area contributed by atoms with E-state index in [4.69, 9.17) is 16.6 Å². The molecule has 0 spiro atoms. The van der Waals surface area contributed by atoms with Gasteiger partial charge < -0.3 is 14.8 Å². The van der Waals surface area contributed by atoms with Gasteiger partial charge in [0.15, 0.2) is 5.82 Å². The van der Waals surface area contributed by atoms with Crippen LogP contribution in [0.15, 0.2) is 30.6 Å². The number of piperidine rings is 1. The van der Waals surface area contributed by atoms with Crippen molar-refractivity contribution in [1.29, 1.82) is 0 Å². The minimum Gasteiger partial charge on any atom is -0.368 e. The first kappa shape index (κ1) is 20.3. The first-order valence-electron chi connectivity index (χ1n) is 11.1. The van der Waals surface area contributed by atoms with Crippen LogP contribution in [-0.4, -0.2) is 45.0 Å². The maximum absolute atomic E-state index is 12.9. The maximum atomic E-state index is 12.9. The molecule has 162 valence electrons. The van der Waals surface area contributed by atoms with Gasteiger partial charge in [-0.2, -0.15) is 0 Å². The third kappa shape index (κ3) is 4.13. The van der Waals surface area contributed by atoms with Crippen LogP contribution >= 0.6 is 11.6 Å². The molecule has 1 aliphatic carbocycles. The van der Waals surface area contributed by atoms with E-state index in [0.717, 1.165) is 66.5 Å². The van der Waals surface area contributed by atoms with E-state index >= 15 is 0 Å². The quantitative estimate of drug-likeness (QED) is 0.624. The summed E-state index contributed by atoms with van der Waals surface area (Å²) in [4.78, 5) is 24.4. The Morgan fingerprint density at radius 1 is 1.19 bits per heavy atom. The molecule has 0 bridgehead atoms. The molecule has 31 heavy (non-hydrogen) atoms. The third-order valence-corrected chi connectivity index (χ3v) is 7.02. The van der Waals surface area contributed by atoms with Gasteiger partial charge in [-0.15, -0.1) is 0 Å². The Morgan fingerprint density at radius 2 is 1.97 bits per heavy atom. The summed E-state index contributed by atoms with van der Waals surface area (Å²) in [6.45, 7) is 4.37. The van der Waals surface area contributed by atoms with Crippen molar-refractivity contribution >= 4 is 34.4 Å². The minimum absolute atomic E-state index is 0.0834. The first-order valence-corrected chi connectivity index (χ1v) is 11.5. The molecule has 1 amide bonds. The van der Waals surface area contributed by atoms with Gasteiger partial charge in [0.05, 0.1) is 11.8 Å². The number of nitrogens with zero attached hydrogens (tertiary/aromatic N) is 4. The second kappa shape index (κ2) is 8.15. The fourth-order valence-electron chi connectivity index (χ4n) is 4.38. The number of pyridine rings is 1. The number of aromatic nitrogens is 3. The molecule has 2 fully saturated rings. The van der Waals surface area contributed by atoms with Gasteiger partial charge in [-0.25, -0.2) is 9.97 Å². The molecule has 2 aromatic heterocycles. The van der Waals surface area contributed by atoms with Crippen molar-refractivity contribution in [2.45, 2.75) is 38.5 Å². The van der Waals surface area contributed by atoms with Crippen LogP contribution < -0.4 is 5.32 Å². The molecule has 1 N–H and O–H groups in total. The van der Waals surface area contributed by atoms with Crippen LogP contribution in [0, 0.1) is 12.8 Å². The van der Waals surface area contributed by atoms with E-state index in [0.29, 0.717) is 16.5 Å². The van der Waals surface area contributed by atoms with Gasteiger partial charge in [-0.3, -0.25) is 4.79 Å². The molecular formula is C24H28ClN5O. The Bertz CT molecular complexity index is 1130. The number of rotatable bonds is 5. The zero-order valence-electron chi connectivity index (χ0n) is 18.1. The summed E-state index contributed by atoms with van der Waals surface area (Å²) >= 11 is 6.12. The monoisotopic (exact) mass is 437 g/mol. The van der Waals surface area contributed by atoms with Crippen LogP contribution in [0.3, 0.4) is 0 Å². The van der Waals surface area contributed by atoms with Crippen molar-refractivity contribution in [2.24, 2.45) is 13.0 Å². The number of hydrogen-bond acceptors (Lipinski definition) is 4. The number of imidazole rings is 1. The van der Waals surface area contributed by atoms with Gasteiger partial charge in [0.2, 0.25) is 0 Å². The Balaban J connectivity index is 1.32.